The Morgan fingerprint density at radius 1 is 1.48 bits per heavy atom. The Bertz CT molecular complexity index is 685. The number of thiazole rings is 1. The van der Waals surface area contributed by atoms with Crippen molar-refractivity contribution in [1.82, 2.24) is 4.98 Å². The van der Waals surface area contributed by atoms with Gasteiger partial charge in [-0.2, -0.15) is 5.10 Å². The number of ether oxygens (including phenoxy) is 1. The smallest absolute Gasteiger partial charge is 0.205 e. The van der Waals surface area contributed by atoms with E-state index >= 15 is 0 Å². The Morgan fingerprint density at radius 3 is 2.76 bits per heavy atom. The molecule has 0 atom stereocenters. The summed E-state index contributed by atoms with van der Waals surface area (Å²) < 4.78 is 5.27. The number of nitrogens with zero attached hydrogens (tertiary/aromatic N) is 2. The molecule has 0 aliphatic rings. The zero-order valence-corrected chi connectivity index (χ0v) is 13.0. The summed E-state index contributed by atoms with van der Waals surface area (Å²) in [5, 5.41) is 7.05. The second-order valence-electron chi connectivity index (χ2n) is 3.75. The summed E-state index contributed by atoms with van der Waals surface area (Å²) in [5.41, 5.74) is 8.96. The van der Waals surface area contributed by atoms with Crippen LogP contribution in [0.4, 0.5) is 10.9 Å². The van der Waals surface area contributed by atoms with Gasteiger partial charge in [0.1, 0.15) is 12.4 Å². The van der Waals surface area contributed by atoms with Crippen molar-refractivity contribution < 1.29 is 4.74 Å². The number of hydrazone groups is 1. The number of aromatic nitrogens is 1. The number of benzene rings is 1. The Labute approximate surface area is 135 Å². The van der Waals surface area contributed by atoms with Gasteiger partial charge in [-0.3, -0.25) is 5.43 Å². The largest absolute Gasteiger partial charge is 0.478 e. The zero-order chi connectivity index (χ0) is 15.2. The summed E-state index contributed by atoms with van der Waals surface area (Å²) in [5.74, 6) is 3.15. The molecular formula is C13H10Cl2N4OS. The maximum absolute atomic E-state index is 6.08. The first-order valence-corrected chi connectivity index (χ1v) is 7.29. The molecule has 1 aromatic heterocycles. The van der Waals surface area contributed by atoms with Crippen LogP contribution in [0.15, 0.2) is 22.6 Å². The number of rotatable bonds is 5. The molecule has 5 nitrogen and oxygen atoms in total. The second-order valence-corrected chi connectivity index (χ2v) is 5.43. The molecule has 0 fully saturated rings. The van der Waals surface area contributed by atoms with Crippen LogP contribution in [0.1, 0.15) is 5.56 Å². The molecule has 1 heterocycles. The van der Waals surface area contributed by atoms with Gasteiger partial charge in [0.25, 0.3) is 0 Å². The van der Waals surface area contributed by atoms with Gasteiger partial charge in [-0.05, 0) is 17.7 Å². The summed E-state index contributed by atoms with van der Waals surface area (Å²) in [6, 6.07) is 3.33. The van der Waals surface area contributed by atoms with Crippen molar-refractivity contribution >= 4 is 51.7 Å². The van der Waals surface area contributed by atoms with Crippen LogP contribution < -0.4 is 15.9 Å². The van der Waals surface area contributed by atoms with Crippen molar-refractivity contribution in [3.8, 4) is 18.1 Å². The molecule has 3 N–H and O–H groups in total. The van der Waals surface area contributed by atoms with Gasteiger partial charge in [-0.1, -0.05) is 29.1 Å². The predicted octanol–water partition coefficient (Wildman–Crippen LogP) is 3.49. The van der Waals surface area contributed by atoms with Gasteiger partial charge in [0.05, 0.1) is 16.3 Å². The fraction of sp³-hybridized carbons (Fsp3) is 0.0769. The lowest BCUT2D eigenvalue weighted by Gasteiger charge is -2.08. The lowest BCUT2D eigenvalue weighted by Crippen LogP contribution is -1.96. The van der Waals surface area contributed by atoms with E-state index in [1.54, 1.807) is 23.7 Å². The van der Waals surface area contributed by atoms with Crippen molar-refractivity contribution in [2.45, 2.75) is 0 Å². The molecule has 0 bridgehead atoms. The molecule has 0 aliphatic carbocycles. The number of nitrogens with one attached hydrogen (secondary N) is 1. The minimum Gasteiger partial charge on any atom is -0.478 e. The Balaban J connectivity index is 2.09. The maximum atomic E-state index is 6.08. The van der Waals surface area contributed by atoms with Gasteiger partial charge in [-0.15, -0.1) is 17.8 Å². The minimum atomic E-state index is 0.0971. The third-order valence-corrected chi connectivity index (χ3v) is 3.54. The molecule has 0 unspecified atom stereocenters. The molecule has 2 aromatic rings. The first-order chi connectivity index (χ1) is 10.1. The summed E-state index contributed by atoms with van der Waals surface area (Å²) in [6.07, 6.45) is 6.68. The monoisotopic (exact) mass is 340 g/mol. The minimum absolute atomic E-state index is 0.0971. The number of halogens is 2. The van der Waals surface area contributed by atoms with Crippen molar-refractivity contribution in [1.29, 1.82) is 0 Å². The molecule has 0 aliphatic heterocycles. The lowest BCUT2D eigenvalue weighted by atomic mass is 10.2. The molecular weight excluding hydrogens is 331 g/mol. The van der Waals surface area contributed by atoms with Crippen LogP contribution in [0.3, 0.4) is 0 Å². The third-order valence-electron chi connectivity index (χ3n) is 2.22. The van der Waals surface area contributed by atoms with E-state index in [4.69, 9.17) is 40.1 Å². The molecule has 108 valence electrons. The number of nitrogen functional groups attached to an aromatic ring is 1. The molecule has 21 heavy (non-hydrogen) atoms. The van der Waals surface area contributed by atoms with E-state index in [-0.39, 0.29) is 6.61 Å². The van der Waals surface area contributed by atoms with Gasteiger partial charge in [0.15, 0.2) is 5.75 Å². The predicted molar refractivity (Wildman–Crippen MR) is 88.5 cm³/mol. The van der Waals surface area contributed by atoms with Crippen LogP contribution in [0.5, 0.6) is 5.75 Å². The van der Waals surface area contributed by atoms with E-state index in [0.29, 0.717) is 32.3 Å². The fourth-order valence-corrected chi connectivity index (χ4v) is 2.57. The van der Waals surface area contributed by atoms with Gasteiger partial charge in [-0.25, -0.2) is 4.98 Å². The summed E-state index contributed by atoms with van der Waals surface area (Å²) in [6.45, 7) is 0.0971. The van der Waals surface area contributed by atoms with Crippen molar-refractivity contribution in [3.05, 3.63) is 33.1 Å². The number of anilines is 2. The Morgan fingerprint density at radius 2 is 2.19 bits per heavy atom. The summed E-state index contributed by atoms with van der Waals surface area (Å²) in [7, 11) is 0. The second kappa shape index (κ2) is 7.18. The van der Waals surface area contributed by atoms with Crippen molar-refractivity contribution in [3.63, 3.8) is 0 Å². The van der Waals surface area contributed by atoms with Crippen LogP contribution in [0.2, 0.25) is 10.0 Å². The van der Waals surface area contributed by atoms with Crippen LogP contribution >= 0.6 is 34.5 Å². The standard InChI is InChI=1S/C13H10Cl2N4OS/c1-2-3-20-12-9(14)4-8(5-10(12)15)6-17-19-13-18-11(16)7-21-13/h1,4-7H,3,16H2,(H,18,19). The highest BCUT2D eigenvalue weighted by Crippen LogP contribution is 2.33. The van der Waals surface area contributed by atoms with Crippen LogP contribution in [0.25, 0.3) is 0 Å². The van der Waals surface area contributed by atoms with Crippen LogP contribution in [-0.4, -0.2) is 17.8 Å². The van der Waals surface area contributed by atoms with Gasteiger partial charge in [0.2, 0.25) is 5.13 Å². The molecule has 0 spiro atoms. The van der Waals surface area contributed by atoms with Crippen LogP contribution in [0, 0.1) is 12.3 Å². The van der Waals surface area contributed by atoms with Gasteiger partial charge >= 0.3 is 0 Å². The highest BCUT2D eigenvalue weighted by molar-refractivity contribution is 7.14. The number of hydrogen-bond donors (Lipinski definition) is 2. The van der Waals surface area contributed by atoms with Crippen LogP contribution in [-0.2, 0) is 0 Å². The zero-order valence-electron chi connectivity index (χ0n) is 10.6. The quantitative estimate of drug-likeness (QED) is 0.496. The van der Waals surface area contributed by atoms with Crippen molar-refractivity contribution in [2.75, 3.05) is 17.8 Å². The molecule has 1 aromatic carbocycles. The highest BCUT2D eigenvalue weighted by atomic mass is 35.5. The number of terminal acetylenes is 1. The van der Waals surface area contributed by atoms with Crippen molar-refractivity contribution in [2.24, 2.45) is 5.10 Å². The molecule has 0 saturated heterocycles. The van der Waals surface area contributed by atoms with E-state index in [1.165, 1.54) is 11.3 Å². The first-order valence-electron chi connectivity index (χ1n) is 5.65. The molecule has 0 saturated carbocycles. The maximum Gasteiger partial charge on any atom is 0.205 e. The van der Waals surface area contributed by atoms with E-state index < -0.39 is 0 Å². The Hall–Kier alpha value is -1.94. The molecule has 8 heteroatoms. The first kappa shape index (κ1) is 15.4. The number of hydrogen-bond acceptors (Lipinski definition) is 6. The van der Waals surface area contributed by atoms with E-state index in [9.17, 15) is 0 Å². The fourth-order valence-electron chi connectivity index (χ4n) is 1.41. The summed E-state index contributed by atoms with van der Waals surface area (Å²) >= 11 is 13.5. The van der Waals surface area contributed by atoms with E-state index in [0.717, 1.165) is 0 Å². The average Bonchev–Trinajstić information content (AvgIpc) is 2.84. The third kappa shape index (κ3) is 4.26. The summed E-state index contributed by atoms with van der Waals surface area (Å²) in [4.78, 5) is 4.01. The molecule has 2 rings (SSSR count). The Kier molecular flexibility index (Phi) is 5.28. The van der Waals surface area contributed by atoms with E-state index in [2.05, 4.69) is 21.4 Å². The van der Waals surface area contributed by atoms with Gasteiger partial charge in [0, 0.05) is 5.38 Å². The average molecular weight is 341 g/mol. The normalized spacial score (nSPS) is 10.5. The topological polar surface area (TPSA) is 72.5 Å². The SMILES string of the molecule is C#CCOc1c(Cl)cc(C=NNc2nc(N)cs2)cc1Cl. The highest BCUT2D eigenvalue weighted by Gasteiger charge is 2.08. The number of nitrogens with two attached hydrogens (primary N) is 1. The lowest BCUT2D eigenvalue weighted by molar-refractivity contribution is 0.371. The molecule has 0 amide bonds. The molecule has 0 radical (unpaired) electrons. The van der Waals surface area contributed by atoms with Gasteiger partial charge < -0.3 is 10.5 Å². The van der Waals surface area contributed by atoms with E-state index in [1.807, 2.05) is 0 Å².